The highest BCUT2D eigenvalue weighted by molar-refractivity contribution is 5.75. The van der Waals surface area contributed by atoms with E-state index >= 15 is 0 Å². The van der Waals surface area contributed by atoms with Crippen LogP contribution in [-0.4, -0.2) is 34.5 Å². The maximum absolute atomic E-state index is 13.4. The van der Waals surface area contributed by atoms with Crippen molar-refractivity contribution in [1.82, 2.24) is 0 Å². The Morgan fingerprint density at radius 2 is 1.64 bits per heavy atom. The predicted octanol–water partition coefficient (Wildman–Crippen LogP) is 4.41. The molecule has 0 atom stereocenters. The first-order chi connectivity index (χ1) is 11.9. The number of rotatable bonds is 7. The lowest BCUT2D eigenvalue weighted by molar-refractivity contribution is -0.139. The van der Waals surface area contributed by atoms with Crippen LogP contribution in [0.4, 0.5) is 13.2 Å². The van der Waals surface area contributed by atoms with Gasteiger partial charge in [-0.05, 0) is 23.8 Å². The van der Waals surface area contributed by atoms with Gasteiger partial charge < -0.3 is 18.9 Å². The molecule has 0 amide bonds. The number of benzene rings is 2. The van der Waals surface area contributed by atoms with Crippen LogP contribution in [0.25, 0.3) is 11.1 Å². The molecule has 2 rings (SSSR count). The molecule has 0 saturated carbocycles. The Balaban J connectivity index is 2.50. The van der Waals surface area contributed by atoms with Gasteiger partial charge in [-0.15, -0.1) is 0 Å². The molecular weight excluding hydrogens is 337 g/mol. The van der Waals surface area contributed by atoms with Gasteiger partial charge in [-0.2, -0.15) is 13.2 Å². The van der Waals surface area contributed by atoms with Gasteiger partial charge in [-0.25, -0.2) is 0 Å². The van der Waals surface area contributed by atoms with Crippen molar-refractivity contribution in [2.24, 2.45) is 0 Å². The van der Waals surface area contributed by atoms with Crippen LogP contribution in [0.15, 0.2) is 36.4 Å². The van der Waals surface area contributed by atoms with Gasteiger partial charge in [0.15, 0.2) is 11.5 Å². The molecule has 0 aromatic heterocycles. The molecule has 2 aromatic carbocycles. The van der Waals surface area contributed by atoms with E-state index in [1.807, 2.05) is 0 Å². The number of methoxy groups -OCH3 is 3. The molecule has 0 unspecified atom stereocenters. The Hall–Kier alpha value is -2.41. The van der Waals surface area contributed by atoms with Crippen molar-refractivity contribution in [2.45, 2.75) is 6.18 Å². The Kier molecular flexibility index (Phi) is 6.14. The van der Waals surface area contributed by atoms with Crippen LogP contribution >= 0.6 is 0 Å². The molecular formula is C18H19F3O4. The van der Waals surface area contributed by atoms with Crippen molar-refractivity contribution in [3.8, 4) is 28.4 Å². The first kappa shape index (κ1) is 18.9. The second-order valence-corrected chi connectivity index (χ2v) is 5.09. The number of alkyl halides is 3. The Morgan fingerprint density at radius 1 is 0.880 bits per heavy atom. The van der Waals surface area contributed by atoms with E-state index in [4.69, 9.17) is 18.9 Å². The number of hydrogen-bond acceptors (Lipinski definition) is 4. The molecule has 0 N–H and O–H groups in total. The zero-order valence-electron chi connectivity index (χ0n) is 14.1. The van der Waals surface area contributed by atoms with Crippen LogP contribution in [0.2, 0.25) is 0 Å². The smallest absolute Gasteiger partial charge is 0.419 e. The van der Waals surface area contributed by atoms with E-state index < -0.39 is 11.7 Å². The lowest BCUT2D eigenvalue weighted by atomic mass is 10.0. The molecule has 0 saturated heterocycles. The van der Waals surface area contributed by atoms with Crippen LogP contribution in [0.3, 0.4) is 0 Å². The van der Waals surface area contributed by atoms with E-state index in [0.717, 1.165) is 6.07 Å². The van der Waals surface area contributed by atoms with Crippen LogP contribution < -0.4 is 14.2 Å². The molecule has 0 aliphatic carbocycles. The molecule has 136 valence electrons. The second-order valence-electron chi connectivity index (χ2n) is 5.09. The van der Waals surface area contributed by atoms with Crippen LogP contribution in [-0.2, 0) is 10.9 Å². The lowest BCUT2D eigenvalue weighted by Crippen LogP contribution is -2.11. The Labute approximate surface area is 144 Å². The third-order valence-corrected chi connectivity index (χ3v) is 3.54. The fraction of sp³-hybridized carbons (Fsp3) is 0.333. The van der Waals surface area contributed by atoms with Gasteiger partial charge in [0, 0.05) is 12.7 Å². The highest BCUT2D eigenvalue weighted by Gasteiger charge is 2.35. The molecule has 0 fully saturated rings. The van der Waals surface area contributed by atoms with Crippen molar-refractivity contribution in [1.29, 1.82) is 0 Å². The van der Waals surface area contributed by atoms with E-state index in [-0.39, 0.29) is 19.0 Å². The van der Waals surface area contributed by atoms with Crippen LogP contribution in [0.5, 0.6) is 17.2 Å². The summed E-state index contributed by atoms with van der Waals surface area (Å²) in [6.07, 6.45) is -4.55. The molecule has 25 heavy (non-hydrogen) atoms. The largest absolute Gasteiger partial charge is 0.493 e. The monoisotopic (exact) mass is 356 g/mol. The number of ether oxygens (including phenoxy) is 4. The van der Waals surface area contributed by atoms with Gasteiger partial charge >= 0.3 is 6.18 Å². The molecule has 2 aromatic rings. The summed E-state index contributed by atoms with van der Waals surface area (Å²) in [5.74, 6) is 0.565. The molecule has 0 bridgehead atoms. The first-order valence-corrected chi connectivity index (χ1v) is 7.46. The summed E-state index contributed by atoms with van der Waals surface area (Å²) < 4.78 is 60.7. The summed E-state index contributed by atoms with van der Waals surface area (Å²) in [6, 6.07) is 8.92. The quantitative estimate of drug-likeness (QED) is 0.689. The van der Waals surface area contributed by atoms with Gasteiger partial charge in [0.05, 0.1) is 26.4 Å². The van der Waals surface area contributed by atoms with E-state index in [9.17, 15) is 13.2 Å². The predicted molar refractivity (Wildman–Crippen MR) is 87.4 cm³/mol. The van der Waals surface area contributed by atoms with Gasteiger partial charge in [0.25, 0.3) is 0 Å². The van der Waals surface area contributed by atoms with Gasteiger partial charge in [-0.3, -0.25) is 0 Å². The molecule has 4 nitrogen and oxygen atoms in total. The van der Waals surface area contributed by atoms with Crippen LogP contribution in [0.1, 0.15) is 5.56 Å². The number of para-hydroxylation sites is 1. The van der Waals surface area contributed by atoms with Crippen molar-refractivity contribution >= 4 is 0 Å². The standard InChI is InChI=1S/C18H19F3O4/c1-22-9-10-25-15-8-7-12(11-14(15)18(19,20)21)13-5-4-6-16(23-2)17(13)24-3/h4-8,11H,9-10H2,1-3H3. The average Bonchev–Trinajstić information content (AvgIpc) is 2.60. The van der Waals surface area contributed by atoms with Crippen molar-refractivity contribution < 1.29 is 32.1 Å². The second kappa shape index (κ2) is 8.11. The Bertz CT molecular complexity index is 714. The third-order valence-electron chi connectivity index (χ3n) is 3.54. The van der Waals surface area contributed by atoms with E-state index in [0.29, 0.717) is 22.6 Å². The van der Waals surface area contributed by atoms with Gasteiger partial charge in [0.2, 0.25) is 0 Å². The highest BCUT2D eigenvalue weighted by atomic mass is 19.4. The van der Waals surface area contributed by atoms with Crippen molar-refractivity contribution in [3.05, 3.63) is 42.0 Å². The number of hydrogen-bond donors (Lipinski definition) is 0. The molecule has 0 aliphatic rings. The summed E-state index contributed by atoms with van der Waals surface area (Å²) in [6.45, 7) is 0.226. The molecule has 0 spiro atoms. The van der Waals surface area contributed by atoms with Crippen LogP contribution in [0, 0.1) is 0 Å². The maximum Gasteiger partial charge on any atom is 0.419 e. The minimum absolute atomic E-state index is 0.0292. The summed E-state index contributed by atoms with van der Waals surface area (Å²) >= 11 is 0. The van der Waals surface area contributed by atoms with Crippen molar-refractivity contribution in [3.63, 3.8) is 0 Å². The van der Waals surface area contributed by atoms with Gasteiger partial charge in [0.1, 0.15) is 12.4 Å². The van der Waals surface area contributed by atoms with E-state index in [2.05, 4.69) is 0 Å². The topological polar surface area (TPSA) is 36.9 Å². The fourth-order valence-electron chi connectivity index (χ4n) is 2.39. The minimum Gasteiger partial charge on any atom is -0.493 e. The third kappa shape index (κ3) is 4.36. The zero-order chi connectivity index (χ0) is 18.4. The number of halogens is 3. The zero-order valence-corrected chi connectivity index (χ0v) is 14.1. The molecule has 0 aliphatic heterocycles. The summed E-state index contributed by atoms with van der Waals surface area (Å²) in [5, 5.41) is 0. The SMILES string of the molecule is COCCOc1ccc(-c2cccc(OC)c2OC)cc1C(F)(F)F. The minimum atomic E-state index is -4.55. The fourth-order valence-corrected chi connectivity index (χ4v) is 2.39. The highest BCUT2D eigenvalue weighted by Crippen LogP contribution is 2.42. The van der Waals surface area contributed by atoms with E-state index in [1.165, 1.54) is 27.4 Å². The lowest BCUT2D eigenvalue weighted by Gasteiger charge is -2.17. The first-order valence-electron chi connectivity index (χ1n) is 7.46. The van der Waals surface area contributed by atoms with Gasteiger partial charge in [-0.1, -0.05) is 18.2 Å². The van der Waals surface area contributed by atoms with Crippen molar-refractivity contribution in [2.75, 3.05) is 34.5 Å². The normalized spacial score (nSPS) is 11.3. The molecule has 0 heterocycles. The summed E-state index contributed by atoms with van der Waals surface area (Å²) in [5.41, 5.74) is -0.0102. The Morgan fingerprint density at radius 3 is 2.24 bits per heavy atom. The maximum atomic E-state index is 13.4. The van der Waals surface area contributed by atoms with E-state index in [1.54, 1.807) is 24.3 Å². The summed E-state index contributed by atoms with van der Waals surface area (Å²) in [4.78, 5) is 0. The molecule has 0 radical (unpaired) electrons. The summed E-state index contributed by atoms with van der Waals surface area (Å²) in [7, 11) is 4.36. The molecule has 7 heteroatoms. The average molecular weight is 356 g/mol.